The first-order valence-corrected chi connectivity index (χ1v) is 6.32. The second kappa shape index (κ2) is 6.70. The Kier molecular flexibility index (Phi) is 7.57. The molecule has 0 atom stereocenters. The van der Waals surface area contributed by atoms with E-state index < -0.39 is 26.0 Å². The summed E-state index contributed by atoms with van der Waals surface area (Å²) in [4.78, 5) is 21.6. The smallest absolute Gasteiger partial charge is 0.309 e. The molecule has 0 aromatic rings. The van der Waals surface area contributed by atoms with E-state index in [4.69, 9.17) is 19.2 Å². The van der Waals surface area contributed by atoms with Gasteiger partial charge in [-0.05, 0) is 13.8 Å². The second-order valence-electron chi connectivity index (χ2n) is 4.49. The number of phosphoric acid groups is 1. The van der Waals surface area contributed by atoms with Gasteiger partial charge < -0.3 is 20.0 Å². The number of nitrogens with one attached hydrogen (secondary N) is 1. The first-order chi connectivity index (χ1) is 7.12. The summed E-state index contributed by atoms with van der Waals surface area (Å²) in [6.45, 7) is 6.78. The monoisotopic (exact) mass is 281 g/mol. The van der Waals surface area contributed by atoms with Crippen LogP contribution in [0, 0.1) is 0 Å². The van der Waals surface area contributed by atoms with Crippen LogP contribution in [0.15, 0.2) is 0 Å². The summed E-state index contributed by atoms with van der Waals surface area (Å²) in [7, 11) is -4.64. The molecule has 106 valence electrons. The summed E-state index contributed by atoms with van der Waals surface area (Å²) in [5, 5.41) is 2.86. The first kappa shape index (κ1) is 19.2. The Morgan fingerprint density at radius 2 is 1.47 bits per heavy atom. The molecule has 0 aromatic carbocycles. The average molecular weight is 281 g/mol. The Morgan fingerprint density at radius 1 is 1.18 bits per heavy atom. The Bertz CT molecular complexity index is 254. The van der Waals surface area contributed by atoms with Crippen molar-refractivity contribution in [2.45, 2.75) is 51.9 Å². The lowest BCUT2D eigenvalue weighted by atomic mass is 9.99. The normalized spacial score (nSPS) is 13.4. The van der Waals surface area contributed by atoms with Crippen LogP contribution >= 0.6 is 7.82 Å². The molecule has 9 heteroatoms. The van der Waals surface area contributed by atoms with Crippen LogP contribution < -0.4 is 5.32 Å². The van der Waals surface area contributed by atoms with E-state index in [1.165, 1.54) is 0 Å². The molecule has 0 fully saturated rings. The van der Waals surface area contributed by atoms with Crippen molar-refractivity contribution in [3.63, 3.8) is 0 Å². The maximum Gasteiger partial charge on any atom is 0.466 e. The lowest BCUT2D eigenvalue weighted by Gasteiger charge is -2.29. The van der Waals surface area contributed by atoms with Gasteiger partial charge in [-0.2, -0.15) is 13.2 Å². The molecule has 0 spiro atoms. The highest BCUT2D eigenvalue weighted by Gasteiger charge is 2.36. The summed E-state index contributed by atoms with van der Waals surface area (Å²) in [5.41, 5.74) is -0.869. The van der Waals surface area contributed by atoms with Crippen LogP contribution in [0.25, 0.3) is 0 Å². The van der Waals surface area contributed by atoms with Crippen LogP contribution in [0.1, 0.15) is 34.1 Å². The van der Waals surface area contributed by atoms with E-state index in [0.717, 1.165) is 0 Å². The predicted molar refractivity (Wildman–Crippen MR) is 57.3 cm³/mol. The quantitative estimate of drug-likeness (QED) is 0.592. The van der Waals surface area contributed by atoms with Gasteiger partial charge in [-0.25, -0.2) is 4.57 Å². The predicted octanol–water partition coefficient (Wildman–Crippen LogP) is 1.79. The minimum Gasteiger partial charge on any atom is -0.309 e. The number of rotatable bonds is 3. The molecule has 0 unspecified atom stereocenters. The van der Waals surface area contributed by atoms with Crippen molar-refractivity contribution in [1.82, 2.24) is 5.32 Å². The second-order valence-corrected chi connectivity index (χ2v) is 5.51. The highest BCUT2D eigenvalue weighted by atomic mass is 31.2. The van der Waals surface area contributed by atoms with Crippen LogP contribution in [-0.4, -0.2) is 32.4 Å². The summed E-state index contributed by atoms with van der Waals surface area (Å²) in [6.07, 6.45) is -4.89. The molecule has 5 nitrogen and oxygen atoms in total. The van der Waals surface area contributed by atoms with Gasteiger partial charge in [-0.1, -0.05) is 13.8 Å². The molecule has 0 aromatic heterocycles. The van der Waals surface area contributed by atoms with Crippen molar-refractivity contribution < 1.29 is 32.4 Å². The molecule has 0 aliphatic carbocycles. The molecule has 0 aliphatic heterocycles. The van der Waals surface area contributed by atoms with Gasteiger partial charge in [0.05, 0.1) is 6.42 Å². The molecule has 0 aliphatic rings. The van der Waals surface area contributed by atoms with Crippen molar-refractivity contribution in [2.24, 2.45) is 0 Å². The topological polar surface area (TPSA) is 89.8 Å². The van der Waals surface area contributed by atoms with Crippen molar-refractivity contribution in [3.05, 3.63) is 0 Å². The lowest BCUT2D eigenvalue weighted by molar-refractivity contribution is -0.147. The summed E-state index contributed by atoms with van der Waals surface area (Å²) >= 11 is 0. The molecule has 4 N–H and O–H groups in total. The molecule has 17 heavy (non-hydrogen) atoms. The SMILES string of the molecule is CC(C)NC(C)(C)CC(F)(F)F.O=P(O)(O)O. The standard InChI is InChI=1S/C8H16F3N.H3O4P/c1-6(2)12-7(3,4)5-8(9,10)11;1-5(2,3)4/h6,12H,5H2,1-4H3;(H3,1,2,3,4). The highest BCUT2D eigenvalue weighted by Crippen LogP contribution is 2.27. The molecular formula is C8H19F3NO4P. The zero-order chi connectivity index (χ0) is 14.5. The van der Waals surface area contributed by atoms with Crippen molar-refractivity contribution >= 4 is 7.82 Å². The Labute approximate surface area is 98.3 Å². The zero-order valence-corrected chi connectivity index (χ0v) is 11.0. The minimum atomic E-state index is -4.64. The fourth-order valence-electron chi connectivity index (χ4n) is 1.33. The van der Waals surface area contributed by atoms with Gasteiger partial charge in [0.15, 0.2) is 0 Å². The average Bonchev–Trinajstić information content (AvgIpc) is 1.68. The highest BCUT2D eigenvalue weighted by molar-refractivity contribution is 7.45. The van der Waals surface area contributed by atoms with Crippen LogP contribution in [0.4, 0.5) is 13.2 Å². The molecule has 0 rings (SSSR count). The van der Waals surface area contributed by atoms with Gasteiger partial charge >= 0.3 is 14.0 Å². The van der Waals surface area contributed by atoms with E-state index in [0.29, 0.717) is 0 Å². The molecule has 0 amide bonds. The zero-order valence-electron chi connectivity index (χ0n) is 10.1. The van der Waals surface area contributed by atoms with Gasteiger partial charge in [0, 0.05) is 11.6 Å². The molecule has 0 saturated carbocycles. The fraction of sp³-hybridized carbons (Fsp3) is 1.00. The Hall–Kier alpha value is -0.140. The van der Waals surface area contributed by atoms with E-state index in [2.05, 4.69) is 5.32 Å². The van der Waals surface area contributed by atoms with E-state index in [1.54, 1.807) is 13.8 Å². The summed E-state index contributed by atoms with van der Waals surface area (Å²) in [5.74, 6) is 0. The third-order valence-corrected chi connectivity index (χ3v) is 1.32. The van der Waals surface area contributed by atoms with E-state index in [9.17, 15) is 13.2 Å². The van der Waals surface area contributed by atoms with Crippen LogP contribution in [0.3, 0.4) is 0 Å². The number of hydrogen-bond acceptors (Lipinski definition) is 2. The summed E-state index contributed by atoms with van der Waals surface area (Å²) in [6, 6.07) is 0.0716. The number of halogens is 3. The largest absolute Gasteiger partial charge is 0.466 e. The molecular weight excluding hydrogens is 262 g/mol. The van der Waals surface area contributed by atoms with Crippen LogP contribution in [-0.2, 0) is 4.57 Å². The number of alkyl halides is 3. The van der Waals surface area contributed by atoms with Crippen LogP contribution in [0.5, 0.6) is 0 Å². The molecule has 0 radical (unpaired) electrons. The molecule has 0 heterocycles. The Morgan fingerprint density at radius 3 is 1.65 bits per heavy atom. The number of hydrogen-bond donors (Lipinski definition) is 4. The maximum absolute atomic E-state index is 12.0. The van der Waals surface area contributed by atoms with E-state index in [-0.39, 0.29) is 6.04 Å². The molecule has 0 bridgehead atoms. The summed E-state index contributed by atoms with van der Waals surface area (Å²) < 4.78 is 44.8. The van der Waals surface area contributed by atoms with Gasteiger partial charge in [-0.3, -0.25) is 0 Å². The van der Waals surface area contributed by atoms with Gasteiger partial charge in [0.1, 0.15) is 0 Å². The first-order valence-electron chi connectivity index (χ1n) is 4.75. The van der Waals surface area contributed by atoms with Crippen molar-refractivity contribution in [2.75, 3.05) is 0 Å². The fourth-order valence-corrected chi connectivity index (χ4v) is 1.33. The third kappa shape index (κ3) is 25.8. The minimum absolute atomic E-state index is 0.0716. The van der Waals surface area contributed by atoms with Gasteiger partial charge in [0.25, 0.3) is 0 Å². The maximum atomic E-state index is 12.0. The van der Waals surface area contributed by atoms with Crippen LogP contribution in [0.2, 0.25) is 0 Å². The molecule has 0 saturated heterocycles. The van der Waals surface area contributed by atoms with E-state index >= 15 is 0 Å². The lowest BCUT2D eigenvalue weighted by Crippen LogP contribution is -2.46. The van der Waals surface area contributed by atoms with Gasteiger partial charge in [-0.15, -0.1) is 0 Å². The van der Waals surface area contributed by atoms with Gasteiger partial charge in [0.2, 0.25) is 0 Å². The van der Waals surface area contributed by atoms with E-state index in [1.807, 2.05) is 13.8 Å². The third-order valence-electron chi connectivity index (χ3n) is 1.32. The Balaban J connectivity index is 0. The van der Waals surface area contributed by atoms with Crippen molar-refractivity contribution in [3.8, 4) is 0 Å². The van der Waals surface area contributed by atoms with Crippen molar-refractivity contribution in [1.29, 1.82) is 0 Å².